The van der Waals surface area contributed by atoms with Gasteiger partial charge in [-0.2, -0.15) is 0 Å². The highest BCUT2D eigenvalue weighted by molar-refractivity contribution is 5.76. The Morgan fingerprint density at radius 3 is 2.35 bits per heavy atom. The summed E-state index contributed by atoms with van der Waals surface area (Å²) in [5.41, 5.74) is 6.95. The number of nitrogens with two attached hydrogens (primary N) is 1. The van der Waals surface area contributed by atoms with Crippen molar-refractivity contribution in [3.8, 4) is 5.75 Å². The molecule has 1 amide bonds. The van der Waals surface area contributed by atoms with Gasteiger partial charge in [-0.3, -0.25) is 4.79 Å². The summed E-state index contributed by atoms with van der Waals surface area (Å²) < 4.78 is 0. The Morgan fingerprint density at radius 2 is 1.85 bits per heavy atom. The number of nitrogens with zero attached hydrogens (tertiary/aromatic N) is 1. The second kappa shape index (κ2) is 8.59. The molecular formula is C16H26N2O2. The van der Waals surface area contributed by atoms with Crippen LogP contribution >= 0.6 is 0 Å². The lowest BCUT2D eigenvalue weighted by atomic mass is 9.94. The highest BCUT2D eigenvalue weighted by Gasteiger charge is 2.14. The normalized spacial score (nSPS) is 12.2. The molecule has 4 nitrogen and oxygen atoms in total. The molecule has 0 radical (unpaired) electrons. The Kier molecular flexibility index (Phi) is 7.09. The fourth-order valence-corrected chi connectivity index (χ4v) is 2.33. The van der Waals surface area contributed by atoms with Gasteiger partial charge in [0.05, 0.1) is 0 Å². The molecule has 0 aliphatic carbocycles. The van der Waals surface area contributed by atoms with Crippen molar-refractivity contribution in [2.24, 2.45) is 11.7 Å². The van der Waals surface area contributed by atoms with Crippen LogP contribution < -0.4 is 5.73 Å². The van der Waals surface area contributed by atoms with E-state index < -0.39 is 0 Å². The first-order chi connectivity index (χ1) is 9.60. The van der Waals surface area contributed by atoms with Gasteiger partial charge in [-0.05, 0) is 56.8 Å². The van der Waals surface area contributed by atoms with Gasteiger partial charge >= 0.3 is 0 Å². The Labute approximate surface area is 121 Å². The maximum atomic E-state index is 12.0. The van der Waals surface area contributed by atoms with Crippen molar-refractivity contribution < 1.29 is 9.90 Å². The van der Waals surface area contributed by atoms with Gasteiger partial charge in [0.25, 0.3) is 0 Å². The lowest BCUT2D eigenvalue weighted by Gasteiger charge is -2.20. The molecular weight excluding hydrogens is 252 g/mol. The van der Waals surface area contributed by atoms with Crippen LogP contribution in [0.3, 0.4) is 0 Å². The monoisotopic (exact) mass is 278 g/mol. The molecule has 0 unspecified atom stereocenters. The summed E-state index contributed by atoms with van der Waals surface area (Å²) in [6.07, 6.45) is 2.22. The molecule has 1 aromatic carbocycles. The Balaban J connectivity index is 2.47. The minimum absolute atomic E-state index is 0.208. The molecule has 0 aliphatic rings. The zero-order valence-corrected chi connectivity index (χ0v) is 12.5. The smallest absolute Gasteiger partial charge is 0.222 e. The topological polar surface area (TPSA) is 66.6 Å². The predicted octanol–water partition coefficient (Wildman–Crippen LogP) is 2.16. The van der Waals surface area contributed by atoms with Gasteiger partial charge in [-0.25, -0.2) is 0 Å². The first-order valence-electron chi connectivity index (χ1n) is 7.36. The predicted molar refractivity (Wildman–Crippen MR) is 81.5 cm³/mol. The largest absolute Gasteiger partial charge is 0.508 e. The number of carbonyl (C=O) groups is 1. The van der Waals surface area contributed by atoms with Crippen molar-refractivity contribution in [1.29, 1.82) is 0 Å². The molecule has 0 aliphatic heterocycles. The van der Waals surface area contributed by atoms with Crippen molar-refractivity contribution in [2.45, 2.75) is 33.1 Å². The third-order valence-electron chi connectivity index (χ3n) is 3.68. The van der Waals surface area contributed by atoms with E-state index in [0.29, 0.717) is 18.9 Å². The molecule has 0 fully saturated rings. The second-order valence-electron chi connectivity index (χ2n) is 5.08. The number of carbonyl (C=O) groups excluding carboxylic acids is 1. The second-order valence-corrected chi connectivity index (χ2v) is 5.08. The Bertz CT molecular complexity index is 399. The number of amides is 1. The van der Waals surface area contributed by atoms with Crippen molar-refractivity contribution in [2.75, 3.05) is 19.6 Å². The molecule has 1 atom stereocenters. The number of aromatic hydroxyl groups is 1. The molecule has 1 rings (SSSR count). The van der Waals surface area contributed by atoms with Gasteiger partial charge in [-0.1, -0.05) is 12.1 Å². The first-order valence-corrected chi connectivity index (χ1v) is 7.36. The summed E-state index contributed by atoms with van der Waals surface area (Å²) in [6, 6.07) is 7.18. The van der Waals surface area contributed by atoms with Crippen LogP contribution in [0.25, 0.3) is 0 Å². The van der Waals surface area contributed by atoms with Crippen LogP contribution in [0, 0.1) is 5.92 Å². The molecule has 3 N–H and O–H groups in total. The minimum Gasteiger partial charge on any atom is -0.508 e. The highest BCUT2D eigenvalue weighted by atomic mass is 16.3. The standard InChI is InChI=1S/C16H26N2O2/c1-3-18(4-2)16(20)10-7-14(12-17)11-13-5-8-15(19)9-6-13/h5-6,8-9,14,19H,3-4,7,10-12,17H2,1-2H3/t14-/m1/s1. The number of hydrogen-bond acceptors (Lipinski definition) is 3. The number of hydrogen-bond donors (Lipinski definition) is 2. The number of benzene rings is 1. The van der Waals surface area contributed by atoms with Crippen LogP contribution in [0.2, 0.25) is 0 Å². The van der Waals surface area contributed by atoms with E-state index in [1.165, 1.54) is 0 Å². The molecule has 1 aromatic rings. The fourth-order valence-electron chi connectivity index (χ4n) is 2.33. The maximum Gasteiger partial charge on any atom is 0.222 e. The zero-order chi connectivity index (χ0) is 15.0. The van der Waals surface area contributed by atoms with Gasteiger partial charge in [0.2, 0.25) is 5.91 Å². The van der Waals surface area contributed by atoms with Crippen molar-refractivity contribution in [3.63, 3.8) is 0 Å². The van der Waals surface area contributed by atoms with E-state index in [0.717, 1.165) is 31.5 Å². The quantitative estimate of drug-likeness (QED) is 0.765. The number of phenols is 1. The van der Waals surface area contributed by atoms with Crippen molar-refractivity contribution in [3.05, 3.63) is 29.8 Å². The van der Waals surface area contributed by atoms with Crippen LogP contribution in [0.1, 0.15) is 32.3 Å². The van der Waals surface area contributed by atoms with Gasteiger partial charge in [0, 0.05) is 19.5 Å². The average molecular weight is 278 g/mol. The van der Waals surface area contributed by atoms with E-state index in [4.69, 9.17) is 5.73 Å². The molecule has 0 heterocycles. The van der Waals surface area contributed by atoms with E-state index in [9.17, 15) is 9.90 Å². The van der Waals surface area contributed by atoms with Gasteiger partial charge in [0.15, 0.2) is 0 Å². The Hall–Kier alpha value is -1.55. The molecule has 0 bridgehead atoms. The summed E-state index contributed by atoms with van der Waals surface area (Å²) in [5.74, 6) is 0.785. The van der Waals surface area contributed by atoms with E-state index in [1.54, 1.807) is 12.1 Å². The number of phenolic OH excluding ortho intramolecular Hbond substituents is 1. The zero-order valence-electron chi connectivity index (χ0n) is 12.5. The summed E-state index contributed by atoms with van der Waals surface area (Å²) >= 11 is 0. The van der Waals surface area contributed by atoms with E-state index in [1.807, 2.05) is 30.9 Å². The van der Waals surface area contributed by atoms with Crippen LogP contribution in [-0.2, 0) is 11.2 Å². The summed E-state index contributed by atoms with van der Waals surface area (Å²) in [6.45, 7) is 6.10. The molecule has 4 heteroatoms. The average Bonchev–Trinajstić information content (AvgIpc) is 2.46. The van der Waals surface area contributed by atoms with Crippen molar-refractivity contribution >= 4 is 5.91 Å². The van der Waals surface area contributed by atoms with Crippen LogP contribution in [0.15, 0.2) is 24.3 Å². The fraction of sp³-hybridized carbons (Fsp3) is 0.562. The molecule has 20 heavy (non-hydrogen) atoms. The van der Waals surface area contributed by atoms with E-state index >= 15 is 0 Å². The number of rotatable bonds is 8. The lowest BCUT2D eigenvalue weighted by molar-refractivity contribution is -0.131. The minimum atomic E-state index is 0.208. The van der Waals surface area contributed by atoms with Crippen LogP contribution in [-0.4, -0.2) is 35.5 Å². The third-order valence-corrected chi connectivity index (χ3v) is 3.68. The molecule has 0 aromatic heterocycles. The van der Waals surface area contributed by atoms with Crippen LogP contribution in [0.5, 0.6) is 5.75 Å². The molecule has 0 spiro atoms. The van der Waals surface area contributed by atoms with Gasteiger partial charge < -0.3 is 15.7 Å². The highest BCUT2D eigenvalue weighted by Crippen LogP contribution is 2.16. The maximum absolute atomic E-state index is 12.0. The van der Waals surface area contributed by atoms with Gasteiger partial charge in [0.1, 0.15) is 5.75 Å². The van der Waals surface area contributed by atoms with E-state index in [-0.39, 0.29) is 11.7 Å². The van der Waals surface area contributed by atoms with Gasteiger partial charge in [-0.15, -0.1) is 0 Å². The molecule has 0 saturated heterocycles. The third kappa shape index (κ3) is 5.21. The first kappa shape index (κ1) is 16.5. The van der Waals surface area contributed by atoms with Crippen molar-refractivity contribution in [1.82, 2.24) is 4.90 Å². The molecule has 112 valence electrons. The summed E-state index contributed by atoms with van der Waals surface area (Å²) in [4.78, 5) is 13.8. The SMILES string of the molecule is CCN(CC)C(=O)CC[C@@H](CN)Cc1ccc(O)cc1. The lowest BCUT2D eigenvalue weighted by Crippen LogP contribution is -2.31. The van der Waals surface area contributed by atoms with Crippen LogP contribution in [0.4, 0.5) is 0 Å². The Morgan fingerprint density at radius 1 is 1.25 bits per heavy atom. The molecule has 0 saturated carbocycles. The summed E-state index contributed by atoms with van der Waals surface area (Å²) in [7, 11) is 0. The summed E-state index contributed by atoms with van der Waals surface area (Å²) in [5, 5.41) is 9.26. The van der Waals surface area contributed by atoms with E-state index in [2.05, 4.69) is 0 Å².